The van der Waals surface area contributed by atoms with Crippen molar-refractivity contribution in [1.29, 1.82) is 0 Å². The molecule has 1 heterocycles. The summed E-state index contributed by atoms with van der Waals surface area (Å²) in [6, 6.07) is 15.5. The van der Waals surface area contributed by atoms with Crippen molar-refractivity contribution < 1.29 is 17.9 Å². The van der Waals surface area contributed by atoms with Crippen molar-refractivity contribution in [2.45, 2.75) is 13.1 Å². The summed E-state index contributed by atoms with van der Waals surface area (Å²) in [5, 5.41) is 1.10. The first-order chi connectivity index (χ1) is 14.7. The number of benzene rings is 3. The van der Waals surface area contributed by atoms with Crippen LogP contribution in [0.2, 0.25) is 5.02 Å². The average molecular weight is 447 g/mol. The van der Waals surface area contributed by atoms with Gasteiger partial charge in [0.15, 0.2) is 0 Å². The average Bonchev–Trinajstić information content (AvgIpc) is 2.71. The maximum Gasteiger partial charge on any atom is 0.431 e. The van der Waals surface area contributed by atoms with E-state index in [2.05, 4.69) is 0 Å². The van der Waals surface area contributed by atoms with Gasteiger partial charge in [0.05, 0.1) is 10.7 Å². The molecule has 0 saturated heterocycles. The van der Waals surface area contributed by atoms with E-state index in [0.29, 0.717) is 27.2 Å². The second-order valence-electron chi connectivity index (χ2n) is 6.78. The molecule has 158 valence electrons. The number of hydrogen-bond acceptors (Lipinski definition) is 3. The minimum absolute atomic E-state index is 0.0450. The Morgan fingerprint density at radius 3 is 2.23 bits per heavy atom. The molecule has 0 atom stereocenters. The zero-order chi connectivity index (χ0) is 22.3. The lowest BCUT2D eigenvalue weighted by molar-refractivity contribution is -0.141. The Hall–Kier alpha value is -3.52. The second-order valence-corrected chi connectivity index (χ2v) is 7.16. The molecule has 0 unspecified atom stereocenters. The molecule has 4 aromatic rings. The number of nitrogens with zero attached hydrogens (tertiary/aromatic N) is 1. The summed E-state index contributed by atoms with van der Waals surface area (Å²) in [7, 11) is 0. The van der Waals surface area contributed by atoms with Gasteiger partial charge in [-0.15, -0.1) is 0 Å². The quantitative estimate of drug-likeness (QED) is 0.455. The number of nitrogens with one attached hydrogen (secondary N) is 1. The first-order valence-electron chi connectivity index (χ1n) is 9.05. The highest BCUT2D eigenvalue weighted by atomic mass is 35.5. The van der Waals surface area contributed by atoms with Gasteiger partial charge in [-0.1, -0.05) is 54.1 Å². The van der Waals surface area contributed by atoms with Crippen LogP contribution in [0.5, 0.6) is 11.5 Å². The van der Waals surface area contributed by atoms with Crippen molar-refractivity contribution in [2.24, 2.45) is 0 Å². The predicted molar refractivity (Wildman–Crippen MR) is 111 cm³/mol. The van der Waals surface area contributed by atoms with Crippen LogP contribution in [0.4, 0.5) is 13.2 Å². The molecule has 1 N–H and O–H groups in total. The number of aromatic nitrogens is 2. The predicted octanol–water partition coefficient (Wildman–Crippen LogP) is 5.45. The second kappa shape index (κ2) is 7.63. The summed E-state index contributed by atoms with van der Waals surface area (Å²) in [4.78, 5) is 26.7. The minimum Gasteiger partial charge on any atom is -0.455 e. The van der Waals surface area contributed by atoms with Gasteiger partial charge in [-0.2, -0.15) is 13.2 Å². The van der Waals surface area contributed by atoms with E-state index < -0.39 is 23.1 Å². The zero-order valence-electron chi connectivity index (χ0n) is 16.0. The number of rotatable bonds is 3. The Labute approximate surface area is 178 Å². The molecule has 0 bridgehead atoms. The highest BCUT2D eigenvalue weighted by Gasteiger charge is 2.33. The van der Waals surface area contributed by atoms with Gasteiger partial charge in [0.1, 0.15) is 17.2 Å². The van der Waals surface area contributed by atoms with E-state index in [9.17, 15) is 22.8 Å². The number of fused-ring (bicyclic) bond motifs is 1. The Bertz CT molecular complexity index is 1390. The number of hydrogen-bond donors (Lipinski definition) is 1. The van der Waals surface area contributed by atoms with Crippen molar-refractivity contribution >= 4 is 22.4 Å². The summed E-state index contributed by atoms with van der Waals surface area (Å²) >= 11 is 6.52. The fourth-order valence-electron chi connectivity index (χ4n) is 3.22. The molecule has 0 radical (unpaired) electrons. The van der Waals surface area contributed by atoms with Crippen molar-refractivity contribution in [3.05, 3.63) is 97.8 Å². The summed E-state index contributed by atoms with van der Waals surface area (Å²) in [6.45, 7) is 1.83. The van der Waals surface area contributed by atoms with Crippen LogP contribution in [0, 0.1) is 6.92 Å². The molecule has 0 amide bonds. The summed E-state index contributed by atoms with van der Waals surface area (Å²) in [5.74, 6) is 0.648. The molecule has 0 saturated carbocycles. The topological polar surface area (TPSA) is 64.1 Å². The van der Waals surface area contributed by atoms with E-state index >= 15 is 0 Å². The first-order valence-corrected chi connectivity index (χ1v) is 9.43. The maximum atomic E-state index is 13.0. The third kappa shape index (κ3) is 3.82. The van der Waals surface area contributed by atoms with Crippen LogP contribution in [-0.2, 0) is 6.18 Å². The lowest BCUT2D eigenvalue weighted by atomic mass is 10.1. The maximum absolute atomic E-state index is 13.0. The third-order valence-electron chi connectivity index (χ3n) is 4.72. The van der Waals surface area contributed by atoms with Gasteiger partial charge in [0.25, 0.3) is 5.56 Å². The molecular weight excluding hydrogens is 433 g/mol. The zero-order valence-corrected chi connectivity index (χ0v) is 16.7. The van der Waals surface area contributed by atoms with Crippen molar-refractivity contribution in [1.82, 2.24) is 9.55 Å². The Morgan fingerprint density at radius 2 is 1.58 bits per heavy atom. The fourth-order valence-corrected chi connectivity index (χ4v) is 3.48. The molecule has 0 aliphatic carbocycles. The van der Waals surface area contributed by atoms with Crippen LogP contribution in [0.1, 0.15) is 11.3 Å². The van der Waals surface area contributed by atoms with Gasteiger partial charge in [-0.3, -0.25) is 4.79 Å². The van der Waals surface area contributed by atoms with Crippen molar-refractivity contribution in [2.75, 3.05) is 0 Å². The molecule has 1 aromatic heterocycles. The number of ether oxygens (including phenoxy) is 1. The van der Waals surface area contributed by atoms with E-state index in [1.807, 2.05) is 19.1 Å². The van der Waals surface area contributed by atoms with Crippen LogP contribution in [0.15, 0.2) is 70.3 Å². The molecular formula is C22H14ClF3N2O3. The van der Waals surface area contributed by atoms with E-state index in [1.165, 1.54) is 6.07 Å². The molecule has 0 spiro atoms. The van der Waals surface area contributed by atoms with Crippen LogP contribution in [0.25, 0.3) is 16.5 Å². The smallest absolute Gasteiger partial charge is 0.431 e. The van der Waals surface area contributed by atoms with Crippen LogP contribution in [-0.4, -0.2) is 9.55 Å². The van der Waals surface area contributed by atoms with Gasteiger partial charge in [-0.25, -0.2) is 9.36 Å². The SMILES string of the molecule is Cc1ccccc1Oc1cc(-n2c(=O)cc(C(F)(F)F)[nH]c2=O)c2ccccc2c1Cl. The Kier molecular flexibility index (Phi) is 5.10. The van der Waals surface area contributed by atoms with E-state index in [-0.39, 0.29) is 16.5 Å². The first kappa shape index (κ1) is 20.7. The number of alkyl halides is 3. The third-order valence-corrected chi connectivity index (χ3v) is 5.11. The summed E-state index contributed by atoms with van der Waals surface area (Å²) < 4.78 is 45.5. The van der Waals surface area contributed by atoms with Gasteiger partial charge < -0.3 is 9.72 Å². The molecule has 0 aliphatic rings. The van der Waals surface area contributed by atoms with Crippen LogP contribution < -0.4 is 16.0 Å². The molecule has 9 heteroatoms. The molecule has 0 fully saturated rings. The minimum atomic E-state index is -4.86. The normalized spacial score (nSPS) is 11.6. The number of H-pyrrole nitrogens is 1. The number of aryl methyl sites for hydroxylation is 1. The van der Waals surface area contributed by atoms with Crippen molar-refractivity contribution in [3.8, 4) is 17.2 Å². The van der Waals surface area contributed by atoms with Gasteiger partial charge in [-0.05, 0) is 18.6 Å². The fraction of sp³-hybridized carbons (Fsp3) is 0.0909. The monoisotopic (exact) mass is 446 g/mol. The van der Waals surface area contributed by atoms with Crippen LogP contribution >= 0.6 is 11.6 Å². The Morgan fingerprint density at radius 1 is 0.935 bits per heavy atom. The van der Waals surface area contributed by atoms with E-state index in [1.54, 1.807) is 41.4 Å². The number of aromatic amines is 1. The summed E-state index contributed by atoms with van der Waals surface area (Å²) in [5.41, 5.74) is -2.92. The lowest BCUT2D eigenvalue weighted by Crippen LogP contribution is -2.35. The van der Waals surface area contributed by atoms with Crippen molar-refractivity contribution in [3.63, 3.8) is 0 Å². The van der Waals surface area contributed by atoms with E-state index in [0.717, 1.165) is 5.56 Å². The highest BCUT2D eigenvalue weighted by Crippen LogP contribution is 2.39. The standard InChI is InChI=1S/C22H14ClF3N2O3/c1-12-6-2-5-9-16(12)31-17-10-15(13-7-3-4-8-14(13)20(17)23)28-19(29)11-18(22(24,25)26)27-21(28)30/h2-11H,1H3,(H,27,30). The van der Waals surface area contributed by atoms with E-state index in [4.69, 9.17) is 16.3 Å². The van der Waals surface area contributed by atoms with Gasteiger partial charge in [0.2, 0.25) is 0 Å². The largest absolute Gasteiger partial charge is 0.455 e. The highest BCUT2D eigenvalue weighted by molar-refractivity contribution is 6.37. The molecule has 3 aromatic carbocycles. The molecule has 4 rings (SSSR count). The lowest BCUT2D eigenvalue weighted by Gasteiger charge is -2.16. The summed E-state index contributed by atoms with van der Waals surface area (Å²) in [6.07, 6.45) is -4.86. The molecule has 31 heavy (non-hydrogen) atoms. The molecule has 0 aliphatic heterocycles. The number of halogens is 4. The van der Waals surface area contributed by atoms with Gasteiger partial charge in [0, 0.05) is 22.9 Å². The van der Waals surface area contributed by atoms with Crippen LogP contribution in [0.3, 0.4) is 0 Å². The number of para-hydroxylation sites is 1. The Balaban J connectivity index is 1.99. The molecule has 5 nitrogen and oxygen atoms in total. The van der Waals surface area contributed by atoms with Gasteiger partial charge >= 0.3 is 11.9 Å².